The summed E-state index contributed by atoms with van der Waals surface area (Å²) >= 11 is 0. The standard InChI is InChI=1S/C15H17N3O3/c1-8-4-5-11(9(2)6-8)10(3)18-14(19)12-13(15(20)21)17-7-16-12/h4-7,10H,1-3H3,(H,16,17)(H,18,19)(H,20,21). The summed E-state index contributed by atoms with van der Waals surface area (Å²) in [5.41, 5.74) is 2.89. The van der Waals surface area contributed by atoms with Crippen molar-refractivity contribution in [2.24, 2.45) is 0 Å². The molecule has 0 aliphatic heterocycles. The van der Waals surface area contributed by atoms with Crippen molar-refractivity contribution < 1.29 is 14.7 Å². The fourth-order valence-electron chi connectivity index (χ4n) is 2.28. The van der Waals surface area contributed by atoms with Crippen LogP contribution in [0, 0.1) is 13.8 Å². The molecule has 6 heteroatoms. The highest BCUT2D eigenvalue weighted by atomic mass is 16.4. The first-order chi connectivity index (χ1) is 9.90. The van der Waals surface area contributed by atoms with Crippen LogP contribution in [-0.4, -0.2) is 27.0 Å². The molecule has 0 fully saturated rings. The summed E-state index contributed by atoms with van der Waals surface area (Å²) in [5.74, 6) is -1.72. The number of aromatic carboxylic acids is 1. The smallest absolute Gasteiger partial charge is 0.354 e. The summed E-state index contributed by atoms with van der Waals surface area (Å²) in [6.07, 6.45) is 1.19. The number of aromatic nitrogens is 2. The third kappa shape index (κ3) is 3.10. The van der Waals surface area contributed by atoms with E-state index in [0.29, 0.717) is 0 Å². The van der Waals surface area contributed by atoms with Crippen LogP contribution >= 0.6 is 0 Å². The summed E-state index contributed by atoms with van der Waals surface area (Å²) in [4.78, 5) is 29.3. The van der Waals surface area contributed by atoms with Gasteiger partial charge in [-0.1, -0.05) is 23.8 Å². The number of benzene rings is 1. The lowest BCUT2D eigenvalue weighted by atomic mass is 10.0. The molecule has 0 radical (unpaired) electrons. The van der Waals surface area contributed by atoms with E-state index in [1.54, 1.807) is 0 Å². The fraction of sp³-hybridized carbons (Fsp3) is 0.267. The van der Waals surface area contributed by atoms with Crippen molar-refractivity contribution in [2.45, 2.75) is 26.8 Å². The minimum atomic E-state index is -1.21. The molecule has 1 amide bonds. The number of carboxylic acid groups (broad SMARTS) is 1. The predicted octanol–water partition coefficient (Wildman–Crippen LogP) is 2.22. The first-order valence-electron chi connectivity index (χ1n) is 6.55. The van der Waals surface area contributed by atoms with Crippen molar-refractivity contribution in [3.63, 3.8) is 0 Å². The number of hydrogen-bond donors (Lipinski definition) is 3. The maximum Gasteiger partial charge on any atom is 0.354 e. The molecule has 3 N–H and O–H groups in total. The molecule has 0 bridgehead atoms. The molecule has 2 rings (SSSR count). The summed E-state index contributed by atoms with van der Waals surface area (Å²) in [6.45, 7) is 5.83. The Kier molecular flexibility index (Phi) is 4.07. The van der Waals surface area contributed by atoms with E-state index in [0.717, 1.165) is 16.7 Å². The van der Waals surface area contributed by atoms with E-state index in [-0.39, 0.29) is 17.4 Å². The lowest BCUT2D eigenvalue weighted by Crippen LogP contribution is -2.28. The van der Waals surface area contributed by atoms with Crippen LogP contribution in [0.1, 0.15) is 50.6 Å². The quantitative estimate of drug-likeness (QED) is 0.803. The monoisotopic (exact) mass is 287 g/mol. The van der Waals surface area contributed by atoms with Gasteiger partial charge in [-0.25, -0.2) is 9.78 Å². The van der Waals surface area contributed by atoms with Gasteiger partial charge in [-0.15, -0.1) is 0 Å². The van der Waals surface area contributed by atoms with Crippen LogP contribution in [0.4, 0.5) is 0 Å². The van der Waals surface area contributed by atoms with Crippen LogP contribution in [0.3, 0.4) is 0 Å². The maximum atomic E-state index is 12.1. The Labute approximate surface area is 122 Å². The van der Waals surface area contributed by atoms with Gasteiger partial charge in [0, 0.05) is 0 Å². The van der Waals surface area contributed by atoms with Crippen LogP contribution in [0.25, 0.3) is 0 Å². The van der Waals surface area contributed by atoms with Crippen LogP contribution in [-0.2, 0) is 0 Å². The number of hydrogen-bond acceptors (Lipinski definition) is 3. The zero-order valence-corrected chi connectivity index (χ0v) is 12.1. The number of carbonyl (C=O) groups is 2. The van der Waals surface area contributed by atoms with Gasteiger partial charge in [-0.05, 0) is 31.9 Å². The molecule has 0 saturated heterocycles. The van der Waals surface area contributed by atoms with Gasteiger partial charge >= 0.3 is 5.97 Å². The summed E-state index contributed by atoms with van der Waals surface area (Å²) in [7, 11) is 0. The molecule has 1 aromatic carbocycles. The Bertz CT molecular complexity index is 691. The minimum absolute atomic E-state index is 0.112. The Morgan fingerprint density at radius 1 is 1.33 bits per heavy atom. The number of rotatable bonds is 4. The highest BCUT2D eigenvalue weighted by molar-refractivity contribution is 6.02. The minimum Gasteiger partial charge on any atom is -0.477 e. The highest BCUT2D eigenvalue weighted by Gasteiger charge is 2.21. The van der Waals surface area contributed by atoms with Gasteiger partial charge in [-0.2, -0.15) is 0 Å². The van der Waals surface area contributed by atoms with Crippen LogP contribution in [0.2, 0.25) is 0 Å². The van der Waals surface area contributed by atoms with E-state index in [1.165, 1.54) is 6.33 Å². The van der Waals surface area contributed by atoms with Crippen molar-refractivity contribution in [3.05, 3.63) is 52.6 Å². The molecule has 0 aliphatic rings. The molecule has 1 heterocycles. The third-order valence-electron chi connectivity index (χ3n) is 3.31. The molecule has 2 aromatic rings. The Hall–Kier alpha value is -2.63. The molecule has 1 unspecified atom stereocenters. The van der Waals surface area contributed by atoms with Gasteiger partial charge in [0.15, 0.2) is 11.4 Å². The van der Waals surface area contributed by atoms with E-state index >= 15 is 0 Å². The molecule has 6 nitrogen and oxygen atoms in total. The first kappa shape index (κ1) is 14.8. The van der Waals surface area contributed by atoms with Crippen molar-refractivity contribution in [3.8, 4) is 0 Å². The highest BCUT2D eigenvalue weighted by Crippen LogP contribution is 2.19. The molecule has 0 aliphatic carbocycles. The normalized spacial score (nSPS) is 12.0. The van der Waals surface area contributed by atoms with Crippen molar-refractivity contribution >= 4 is 11.9 Å². The van der Waals surface area contributed by atoms with Crippen LogP contribution in [0.5, 0.6) is 0 Å². The zero-order valence-electron chi connectivity index (χ0n) is 12.1. The second-order valence-corrected chi connectivity index (χ2v) is 4.99. The van der Waals surface area contributed by atoms with Gasteiger partial charge in [0.2, 0.25) is 0 Å². The Morgan fingerprint density at radius 2 is 2.05 bits per heavy atom. The number of amides is 1. The van der Waals surface area contributed by atoms with E-state index in [4.69, 9.17) is 5.11 Å². The summed E-state index contributed by atoms with van der Waals surface area (Å²) in [5, 5.41) is 11.7. The average Bonchev–Trinajstić information content (AvgIpc) is 2.87. The number of nitrogens with zero attached hydrogens (tertiary/aromatic N) is 1. The van der Waals surface area contributed by atoms with E-state index in [2.05, 4.69) is 15.3 Å². The number of carbonyl (C=O) groups excluding carboxylic acids is 1. The first-order valence-corrected chi connectivity index (χ1v) is 6.55. The molecule has 1 atom stereocenters. The number of aromatic amines is 1. The number of H-pyrrole nitrogens is 1. The lowest BCUT2D eigenvalue weighted by Gasteiger charge is -2.16. The van der Waals surface area contributed by atoms with E-state index in [1.807, 2.05) is 39.0 Å². The predicted molar refractivity (Wildman–Crippen MR) is 77.3 cm³/mol. The number of imidazole rings is 1. The van der Waals surface area contributed by atoms with Crippen molar-refractivity contribution in [1.82, 2.24) is 15.3 Å². The SMILES string of the molecule is Cc1ccc(C(C)NC(=O)c2nc[nH]c2C(=O)O)c(C)c1. The topological polar surface area (TPSA) is 95.1 Å². The number of nitrogens with one attached hydrogen (secondary N) is 2. The molecule has 1 aromatic heterocycles. The number of aryl methyl sites for hydroxylation is 2. The summed E-state index contributed by atoms with van der Waals surface area (Å²) < 4.78 is 0. The lowest BCUT2D eigenvalue weighted by molar-refractivity contribution is 0.0684. The van der Waals surface area contributed by atoms with Crippen molar-refractivity contribution in [2.75, 3.05) is 0 Å². The second-order valence-electron chi connectivity index (χ2n) is 4.99. The summed E-state index contributed by atoms with van der Waals surface area (Å²) in [6, 6.07) is 5.73. The molecule has 21 heavy (non-hydrogen) atoms. The Balaban J connectivity index is 2.19. The average molecular weight is 287 g/mol. The number of carboxylic acids is 1. The largest absolute Gasteiger partial charge is 0.477 e. The molecule has 0 saturated carbocycles. The van der Waals surface area contributed by atoms with E-state index in [9.17, 15) is 9.59 Å². The molecular weight excluding hydrogens is 270 g/mol. The van der Waals surface area contributed by atoms with Crippen LogP contribution in [0.15, 0.2) is 24.5 Å². The van der Waals surface area contributed by atoms with Gasteiger partial charge < -0.3 is 15.4 Å². The van der Waals surface area contributed by atoms with Gasteiger partial charge in [0.25, 0.3) is 5.91 Å². The molecule has 0 spiro atoms. The fourth-order valence-corrected chi connectivity index (χ4v) is 2.28. The molecule has 110 valence electrons. The van der Waals surface area contributed by atoms with Crippen molar-refractivity contribution in [1.29, 1.82) is 0 Å². The van der Waals surface area contributed by atoms with Gasteiger partial charge in [0.05, 0.1) is 12.4 Å². The van der Waals surface area contributed by atoms with Gasteiger partial charge in [-0.3, -0.25) is 4.79 Å². The van der Waals surface area contributed by atoms with E-state index < -0.39 is 11.9 Å². The van der Waals surface area contributed by atoms with Crippen LogP contribution < -0.4 is 5.32 Å². The molecular formula is C15H17N3O3. The maximum absolute atomic E-state index is 12.1. The Morgan fingerprint density at radius 3 is 2.67 bits per heavy atom. The van der Waals surface area contributed by atoms with Gasteiger partial charge in [0.1, 0.15) is 0 Å². The second kappa shape index (κ2) is 5.78. The third-order valence-corrected chi connectivity index (χ3v) is 3.31. The zero-order chi connectivity index (χ0) is 15.6.